The molecule has 3 aliphatic rings. The van der Waals surface area contributed by atoms with Gasteiger partial charge in [-0.05, 0) is 86.5 Å². The Morgan fingerprint density at radius 1 is 1.26 bits per heavy atom. The predicted molar refractivity (Wildman–Crippen MR) is 120 cm³/mol. The molecule has 166 valence electrons. The van der Waals surface area contributed by atoms with Crippen LogP contribution in [-0.4, -0.2) is 11.2 Å². The van der Waals surface area contributed by atoms with Gasteiger partial charge in [-0.25, -0.2) is 5.21 Å². The van der Waals surface area contributed by atoms with Gasteiger partial charge in [0.15, 0.2) is 5.69 Å². The average Bonchev–Trinajstić information content (AvgIpc) is 2.73. The Labute approximate surface area is 184 Å². The molecular weight excluding hydrogens is 390 g/mol. The third kappa shape index (κ3) is 3.79. The van der Waals surface area contributed by atoms with Gasteiger partial charge in [0.25, 0.3) is 0 Å². The second-order valence-electron chi connectivity index (χ2n) is 10.0. The summed E-state index contributed by atoms with van der Waals surface area (Å²) in [5.41, 5.74) is 3.62. The highest BCUT2D eigenvalue weighted by Gasteiger charge is 2.57. The molecule has 0 saturated heterocycles. The maximum Gasteiger partial charge on any atom is 0.317 e. The number of hydrogen-bond acceptors (Lipinski definition) is 4. The van der Waals surface area contributed by atoms with E-state index in [1.54, 1.807) is 12.1 Å². The van der Waals surface area contributed by atoms with Gasteiger partial charge in [-0.15, -0.1) is 0 Å². The van der Waals surface area contributed by atoms with E-state index in [4.69, 9.17) is 9.94 Å². The zero-order chi connectivity index (χ0) is 22.4. The lowest BCUT2D eigenvalue weighted by molar-refractivity contribution is -0.991. The Bertz CT molecular complexity index is 945. The fourth-order valence-electron chi connectivity index (χ4n) is 6.34. The average molecular weight is 424 g/mol. The molecule has 0 heterocycles. The number of quaternary nitrogens is 1. The molecule has 5 nitrogen and oxygen atoms in total. The molecule has 1 aromatic rings. The number of nitrogens with one attached hydrogen (secondary N) is 1. The Kier molecular flexibility index (Phi) is 5.71. The molecule has 0 amide bonds. The molecule has 1 saturated carbocycles. The number of benzene rings is 1. The standard InChI is InChI=1S/C26H33NO4/c1-17(2)18-6-12-22-19(16-18)7-13-23-25(22,3)14-5-15-26(23,4)24(28)31-21-10-8-20(9-11-21)27(29)30/h7-11,16,22-23,27,29H,1,5-6,12-15H2,2-4H3/t22-,23+,25+,26+/m0/s1. The highest BCUT2D eigenvalue weighted by Crippen LogP contribution is 2.62. The summed E-state index contributed by atoms with van der Waals surface area (Å²) in [4.78, 5) is 13.4. The second kappa shape index (κ2) is 8.05. The van der Waals surface area contributed by atoms with E-state index in [1.807, 2.05) is 0 Å². The summed E-state index contributed by atoms with van der Waals surface area (Å²) < 4.78 is 5.79. The van der Waals surface area contributed by atoms with Gasteiger partial charge in [-0.2, -0.15) is 5.23 Å². The van der Waals surface area contributed by atoms with Crippen LogP contribution >= 0.6 is 0 Å². The van der Waals surface area contributed by atoms with Crippen molar-refractivity contribution in [1.29, 1.82) is 0 Å². The Balaban J connectivity index is 1.59. The normalized spacial score (nSPS) is 33.3. The van der Waals surface area contributed by atoms with Crippen molar-refractivity contribution < 1.29 is 20.0 Å². The molecule has 0 aliphatic heterocycles. The monoisotopic (exact) mass is 423 g/mol. The molecular formula is C26H33NO4. The number of esters is 1. The van der Waals surface area contributed by atoms with Crippen molar-refractivity contribution >= 4 is 11.7 Å². The maximum atomic E-state index is 13.4. The number of fused-ring (bicyclic) bond motifs is 3. The first-order chi connectivity index (χ1) is 14.6. The van der Waals surface area contributed by atoms with Crippen LogP contribution in [0, 0.1) is 27.9 Å². The summed E-state index contributed by atoms with van der Waals surface area (Å²) in [5, 5.41) is 19.2. The Morgan fingerprint density at radius 3 is 2.61 bits per heavy atom. The molecule has 5 heteroatoms. The molecule has 31 heavy (non-hydrogen) atoms. The second-order valence-corrected chi connectivity index (χ2v) is 10.0. The first-order valence-electron chi connectivity index (χ1n) is 11.3. The molecule has 4 rings (SSSR count). The third-order valence-corrected chi connectivity index (χ3v) is 8.13. The Morgan fingerprint density at radius 2 is 1.97 bits per heavy atom. The fraction of sp³-hybridized carbons (Fsp3) is 0.500. The lowest BCUT2D eigenvalue weighted by Gasteiger charge is -2.57. The smallest absolute Gasteiger partial charge is 0.317 e. The molecule has 3 aliphatic carbocycles. The van der Waals surface area contributed by atoms with Crippen molar-refractivity contribution in [3.05, 3.63) is 64.9 Å². The van der Waals surface area contributed by atoms with Gasteiger partial charge in [0.1, 0.15) is 5.75 Å². The number of carbonyl (C=O) groups excluding carboxylic acids is 1. The zero-order valence-electron chi connectivity index (χ0n) is 18.7. The van der Waals surface area contributed by atoms with Crippen molar-refractivity contribution in [2.75, 3.05) is 0 Å². The first kappa shape index (κ1) is 22.0. The molecule has 5 atom stereocenters. The summed E-state index contributed by atoms with van der Waals surface area (Å²) in [6, 6.07) is 6.08. The van der Waals surface area contributed by atoms with Gasteiger partial charge in [0, 0.05) is 12.1 Å². The summed E-state index contributed by atoms with van der Waals surface area (Å²) in [5.74, 6) is 0.907. The van der Waals surface area contributed by atoms with Crippen LogP contribution in [0.1, 0.15) is 59.3 Å². The molecule has 0 bridgehead atoms. The SMILES string of the molecule is C=C(C)C1=CC2=CC[C@@H]3[C@](C)(CCC[C@@]3(C)C(=O)Oc3ccc([NH+]([O-])O)cc3)[C@H]2CC1. The number of rotatable bonds is 4. The largest absolute Gasteiger partial charge is 0.595 e. The molecule has 1 unspecified atom stereocenters. The molecule has 2 N–H and O–H groups in total. The van der Waals surface area contributed by atoms with E-state index in [0.29, 0.717) is 11.7 Å². The number of ether oxygens (including phenoxy) is 1. The first-order valence-corrected chi connectivity index (χ1v) is 11.3. The van der Waals surface area contributed by atoms with Crippen molar-refractivity contribution in [3.63, 3.8) is 0 Å². The van der Waals surface area contributed by atoms with Crippen molar-refractivity contribution in [3.8, 4) is 5.75 Å². The zero-order valence-corrected chi connectivity index (χ0v) is 18.7. The van der Waals surface area contributed by atoms with Crippen LogP contribution in [0.2, 0.25) is 0 Å². The van der Waals surface area contributed by atoms with Crippen LogP contribution in [0.15, 0.2) is 59.7 Å². The van der Waals surface area contributed by atoms with Gasteiger partial charge in [0.05, 0.1) is 5.41 Å². The quantitative estimate of drug-likeness (QED) is 0.404. The minimum atomic E-state index is -0.992. The van der Waals surface area contributed by atoms with E-state index in [2.05, 4.69) is 39.5 Å². The van der Waals surface area contributed by atoms with E-state index < -0.39 is 10.6 Å². The molecule has 1 fully saturated rings. The fourth-order valence-corrected chi connectivity index (χ4v) is 6.34. The molecule has 1 aromatic carbocycles. The van der Waals surface area contributed by atoms with E-state index >= 15 is 0 Å². The van der Waals surface area contributed by atoms with Gasteiger partial charge in [-0.3, -0.25) is 4.79 Å². The molecule has 0 aromatic heterocycles. The highest BCUT2D eigenvalue weighted by molar-refractivity contribution is 5.79. The van der Waals surface area contributed by atoms with Gasteiger partial charge in [0.2, 0.25) is 0 Å². The summed E-state index contributed by atoms with van der Waals surface area (Å²) in [6.07, 6.45) is 10.7. The lowest BCUT2D eigenvalue weighted by atomic mass is 9.47. The van der Waals surface area contributed by atoms with Crippen molar-refractivity contribution in [1.82, 2.24) is 0 Å². The minimum Gasteiger partial charge on any atom is -0.595 e. The van der Waals surface area contributed by atoms with Crippen LogP contribution in [0.5, 0.6) is 5.75 Å². The summed E-state index contributed by atoms with van der Waals surface area (Å²) >= 11 is 0. The molecule has 0 radical (unpaired) electrons. The van der Waals surface area contributed by atoms with E-state index in [0.717, 1.165) is 44.1 Å². The van der Waals surface area contributed by atoms with Crippen LogP contribution in [0.4, 0.5) is 5.69 Å². The van der Waals surface area contributed by atoms with E-state index in [9.17, 15) is 10.0 Å². The van der Waals surface area contributed by atoms with E-state index in [-0.39, 0.29) is 23.0 Å². The number of allylic oxidation sites excluding steroid dienone is 5. The third-order valence-electron chi connectivity index (χ3n) is 8.13. The number of hydrogen-bond donors (Lipinski definition) is 2. The van der Waals surface area contributed by atoms with Gasteiger partial charge in [-0.1, -0.05) is 37.6 Å². The highest BCUT2D eigenvalue weighted by atomic mass is 16.8. The summed E-state index contributed by atoms with van der Waals surface area (Å²) in [7, 11) is 0. The predicted octanol–water partition coefficient (Wildman–Crippen LogP) is 5.05. The van der Waals surface area contributed by atoms with Gasteiger partial charge >= 0.3 is 5.97 Å². The lowest BCUT2D eigenvalue weighted by Crippen LogP contribution is -2.99. The minimum absolute atomic E-state index is 0.0698. The molecule has 0 spiro atoms. The van der Waals surface area contributed by atoms with Gasteiger partial charge < -0.3 is 9.94 Å². The van der Waals surface area contributed by atoms with Crippen LogP contribution < -0.4 is 9.96 Å². The number of carbonyl (C=O) groups is 1. The van der Waals surface area contributed by atoms with Crippen LogP contribution in [0.25, 0.3) is 0 Å². The summed E-state index contributed by atoms with van der Waals surface area (Å²) in [6.45, 7) is 10.7. The Hall–Kier alpha value is -2.21. The van der Waals surface area contributed by atoms with Crippen molar-refractivity contribution in [2.45, 2.75) is 59.3 Å². The maximum absolute atomic E-state index is 13.4. The van der Waals surface area contributed by atoms with Crippen LogP contribution in [0.3, 0.4) is 0 Å². The van der Waals surface area contributed by atoms with Crippen molar-refractivity contribution in [2.24, 2.45) is 22.7 Å². The van der Waals surface area contributed by atoms with Crippen LogP contribution in [-0.2, 0) is 4.79 Å². The van der Waals surface area contributed by atoms with E-state index in [1.165, 1.54) is 23.3 Å². The topological polar surface area (TPSA) is 74.0 Å².